The molecule has 0 aromatic heterocycles. The Morgan fingerprint density at radius 3 is 2.54 bits per heavy atom. The van der Waals surface area contributed by atoms with Crippen molar-refractivity contribution in [1.29, 1.82) is 0 Å². The van der Waals surface area contributed by atoms with Crippen molar-refractivity contribution in [3.63, 3.8) is 0 Å². The Hall–Kier alpha value is -2.09. The molecule has 0 spiro atoms. The first kappa shape index (κ1) is 20.0. The molecule has 2 atom stereocenters. The Labute approximate surface area is 137 Å². The average Bonchev–Trinajstić information content (AvgIpc) is 2.50. The lowest BCUT2D eigenvalue weighted by Gasteiger charge is -2.17. The molecule has 0 aliphatic carbocycles. The summed E-state index contributed by atoms with van der Waals surface area (Å²) in [5.74, 6) is -2.21. The molecule has 1 aromatic rings. The van der Waals surface area contributed by atoms with Crippen LogP contribution in [0.25, 0.3) is 0 Å². The number of aliphatic carboxylic acids is 1. The monoisotopic (exact) mass is 347 g/mol. The number of alkyl halides is 3. The lowest BCUT2D eigenvalue weighted by Crippen LogP contribution is -2.41. The van der Waals surface area contributed by atoms with Crippen molar-refractivity contribution in [3.05, 3.63) is 35.4 Å². The molecule has 0 radical (unpaired) electrons. The van der Waals surface area contributed by atoms with Crippen LogP contribution >= 0.6 is 0 Å². The third-order valence-electron chi connectivity index (χ3n) is 3.52. The third-order valence-corrected chi connectivity index (χ3v) is 3.52. The van der Waals surface area contributed by atoms with Crippen LogP contribution in [-0.2, 0) is 20.5 Å². The lowest BCUT2D eigenvalue weighted by molar-refractivity contribution is -0.142. The van der Waals surface area contributed by atoms with Gasteiger partial charge < -0.3 is 15.2 Å². The highest BCUT2D eigenvalue weighted by Crippen LogP contribution is 2.31. The van der Waals surface area contributed by atoms with Crippen molar-refractivity contribution in [3.8, 4) is 0 Å². The zero-order valence-electron chi connectivity index (χ0n) is 13.4. The molecule has 0 saturated carbocycles. The largest absolute Gasteiger partial charge is 0.480 e. The molecular weight excluding hydrogens is 327 g/mol. The SMILES string of the molecule is COCCC(NC(=O)CC(C)c1cccc(C(F)(F)F)c1)C(=O)O. The van der Waals surface area contributed by atoms with Crippen LogP contribution in [0.5, 0.6) is 0 Å². The van der Waals surface area contributed by atoms with Gasteiger partial charge in [0.25, 0.3) is 0 Å². The molecule has 5 nitrogen and oxygen atoms in total. The summed E-state index contributed by atoms with van der Waals surface area (Å²) in [6, 6.07) is 3.66. The predicted octanol–water partition coefficient (Wildman–Crippen LogP) is 2.80. The summed E-state index contributed by atoms with van der Waals surface area (Å²) in [6.07, 6.45) is -4.46. The highest BCUT2D eigenvalue weighted by atomic mass is 19.4. The fraction of sp³-hybridized carbons (Fsp3) is 0.500. The van der Waals surface area contributed by atoms with Gasteiger partial charge in [-0.25, -0.2) is 4.79 Å². The number of ether oxygens (including phenoxy) is 1. The molecule has 1 rings (SSSR count). The maximum atomic E-state index is 12.7. The number of carboxylic acids is 1. The summed E-state index contributed by atoms with van der Waals surface area (Å²) < 4.78 is 42.9. The van der Waals surface area contributed by atoms with Gasteiger partial charge in [0.05, 0.1) is 5.56 Å². The molecule has 24 heavy (non-hydrogen) atoms. The van der Waals surface area contributed by atoms with Gasteiger partial charge in [-0.3, -0.25) is 4.79 Å². The Morgan fingerprint density at radius 1 is 1.33 bits per heavy atom. The Kier molecular flexibility index (Phi) is 7.21. The summed E-state index contributed by atoms with van der Waals surface area (Å²) in [6.45, 7) is 1.78. The fourth-order valence-electron chi connectivity index (χ4n) is 2.16. The second kappa shape index (κ2) is 8.68. The van der Waals surface area contributed by atoms with Gasteiger partial charge in [0.1, 0.15) is 6.04 Å². The van der Waals surface area contributed by atoms with Crippen molar-refractivity contribution >= 4 is 11.9 Å². The molecule has 0 aliphatic rings. The highest BCUT2D eigenvalue weighted by Gasteiger charge is 2.31. The summed E-state index contributed by atoms with van der Waals surface area (Å²) in [5, 5.41) is 11.4. The number of methoxy groups -OCH3 is 1. The van der Waals surface area contributed by atoms with Crippen LogP contribution in [0.3, 0.4) is 0 Å². The number of carbonyl (C=O) groups is 2. The van der Waals surface area contributed by atoms with Gasteiger partial charge in [0, 0.05) is 26.6 Å². The first-order chi connectivity index (χ1) is 11.1. The van der Waals surface area contributed by atoms with Crippen LogP contribution in [0, 0.1) is 0 Å². The van der Waals surface area contributed by atoms with Crippen LogP contribution in [0.4, 0.5) is 13.2 Å². The van der Waals surface area contributed by atoms with E-state index in [2.05, 4.69) is 5.32 Å². The summed E-state index contributed by atoms with van der Waals surface area (Å²) in [4.78, 5) is 23.0. The topological polar surface area (TPSA) is 75.6 Å². The molecule has 134 valence electrons. The molecule has 1 amide bonds. The molecule has 0 bridgehead atoms. The maximum absolute atomic E-state index is 12.7. The van der Waals surface area contributed by atoms with E-state index in [0.29, 0.717) is 5.56 Å². The summed E-state index contributed by atoms with van der Waals surface area (Å²) >= 11 is 0. The van der Waals surface area contributed by atoms with Crippen molar-refractivity contribution < 1.29 is 32.6 Å². The van der Waals surface area contributed by atoms with Crippen LogP contribution in [-0.4, -0.2) is 36.7 Å². The minimum atomic E-state index is -4.45. The van der Waals surface area contributed by atoms with Crippen LogP contribution in [0.1, 0.15) is 36.8 Å². The number of rotatable bonds is 8. The minimum absolute atomic E-state index is 0.107. The quantitative estimate of drug-likeness (QED) is 0.758. The minimum Gasteiger partial charge on any atom is -0.480 e. The number of benzene rings is 1. The van der Waals surface area contributed by atoms with Gasteiger partial charge in [-0.15, -0.1) is 0 Å². The highest BCUT2D eigenvalue weighted by molar-refractivity contribution is 5.83. The van der Waals surface area contributed by atoms with E-state index < -0.39 is 35.6 Å². The Bertz CT molecular complexity index is 575. The van der Waals surface area contributed by atoms with E-state index in [-0.39, 0.29) is 19.4 Å². The van der Waals surface area contributed by atoms with E-state index in [1.165, 1.54) is 19.2 Å². The van der Waals surface area contributed by atoms with Crippen molar-refractivity contribution in [2.45, 2.75) is 37.9 Å². The van der Waals surface area contributed by atoms with Gasteiger partial charge in [-0.05, 0) is 17.5 Å². The van der Waals surface area contributed by atoms with Gasteiger partial charge >= 0.3 is 12.1 Å². The second-order valence-electron chi connectivity index (χ2n) is 5.47. The molecule has 0 saturated heterocycles. The van der Waals surface area contributed by atoms with Crippen molar-refractivity contribution in [1.82, 2.24) is 5.32 Å². The molecule has 8 heteroatoms. The molecular formula is C16H20F3NO4. The molecule has 0 heterocycles. The van der Waals surface area contributed by atoms with E-state index in [1.807, 2.05) is 0 Å². The first-order valence-electron chi connectivity index (χ1n) is 7.33. The van der Waals surface area contributed by atoms with Gasteiger partial charge in [0.15, 0.2) is 0 Å². The summed E-state index contributed by atoms with van der Waals surface area (Å²) in [7, 11) is 1.41. The molecule has 2 unspecified atom stereocenters. The van der Waals surface area contributed by atoms with Crippen LogP contribution in [0.2, 0.25) is 0 Å². The van der Waals surface area contributed by atoms with Gasteiger partial charge in [-0.1, -0.05) is 25.1 Å². The normalized spacial score (nSPS) is 14.0. The number of carboxylic acid groups (broad SMARTS) is 1. The lowest BCUT2D eigenvalue weighted by atomic mass is 9.95. The third kappa shape index (κ3) is 6.19. The summed E-state index contributed by atoms with van der Waals surface area (Å²) in [5.41, 5.74) is -0.417. The van der Waals surface area contributed by atoms with Gasteiger partial charge in [-0.2, -0.15) is 13.2 Å². The number of hydrogen-bond acceptors (Lipinski definition) is 3. The van der Waals surface area contributed by atoms with Crippen molar-refractivity contribution in [2.75, 3.05) is 13.7 Å². The zero-order chi connectivity index (χ0) is 18.3. The molecule has 1 aromatic carbocycles. The van der Waals surface area contributed by atoms with Gasteiger partial charge in [0.2, 0.25) is 5.91 Å². The first-order valence-corrected chi connectivity index (χ1v) is 7.33. The fourth-order valence-corrected chi connectivity index (χ4v) is 2.16. The van der Waals surface area contributed by atoms with E-state index in [4.69, 9.17) is 9.84 Å². The maximum Gasteiger partial charge on any atom is 0.416 e. The van der Waals surface area contributed by atoms with Crippen LogP contribution < -0.4 is 5.32 Å². The standard InChI is InChI=1S/C16H20F3NO4/c1-10(11-4-3-5-12(9-11)16(17,18)19)8-14(21)20-13(15(22)23)6-7-24-2/h3-5,9-10,13H,6-8H2,1-2H3,(H,20,21)(H,22,23). The Balaban J connectivity index is 2.71. The average molecular weight is 347 g/mol. The number of amides is 1. The molecule has 0 aliphatic heterocycles. The van der Waals surface area contributed by atoms with Crippen molar-refractivity contribution in [2.24, 2.45) is 0 Å². The smallest absolute Gasteiger partial charge is 0.416 e. The number of nitrogens with one attached hydrogen (secondary N) is 1. The van der Waals surface area contributed by atoms with E-state index >= 15 is 0 Å². The molecule has 0 fully saturated rings. The van der Waals surface area contributed by atoms with E-state index in [0.717, 1.165) is 12.1 Å². The second-order valence-corrected chi connectivity index (χ2v) is 5.47. The number of carbonyl (C=O) groups excluding carboxylic acids is 1. The zero-order valence-corrected chi connectivity index (χ0v) is 13.4. The molecule has 2 N–H and O–H groups in total. The van der Waals surface area contributed by atoms with Crippen LogP contribution in [0.15, 0.2) is 24.3 Å². The number of hydrogen-bond donors (Lipinski definition) is 2. The van der Waals surface area contributed by atoms with E-state index in [1.54, 1.807) is 6.92 Å². The predicted molar refractivity (Wildman–Crippen MR) is 80.5 cm³/mol. The van der Waals surface area contributed by atoms with E-state index in [9.17, 15) is 22.8 Å². The Morgan fingerprint density at radius 2 is 2.00 bits per heavy atom. The number of halogens is 3.